The lowest BCUT2D eigenvalue weighted by Gasteiger charge is -2.21. The second kappa shape index (κ2) is 10.0. The van der Waals surface area contributed by atoms with E-state index in [1.807, 2.05) is 31.2 Å². The number of hydrogen-bond donors (Lipinski definition) is 1. The predicted octanol–water partition coefficient (Wildman–Crippen LogP) is 6.14. The van der Waals surface area contributed by atoms with E-state index in [0.29, 0.717) is 12.3 Å². The van der Waals surface area contributed by atoms with Crippen molar-refractivity contribution in [1.29, 1.82) is 0 Å². The molecule has 0 heterocycles. The van der Waals surface area contributed by atoms with Gasteiger partial charge in [0.15, 0.2) is 0 Å². The third-order valence-electron chi connectivity index (χ3n) is 4.50. The van der Waals surface area contributed by atoms with Crippen LogP contribution in [0.2, 0.25) is 5.02 Å². The summed E-state index contributed by atoms with van der Waals surface area (Å²) in [6.45, 7) is 8.38. The van der Waals surface area contributed by atoms with E-state index >= 15 is 0 Å². The third-order valence-corrected chi connectivity index (χ3v) is 5.76. The first kappa shape index (κ1) is 21.6. The molecule has 0 aliphatic rings. The Balaban J connectivity index is 1.95. The summed E-state index contributed by atoms with van der Waals surface area (Å²) in [6.07, 6.45) is 0.476. The van der Waals surface area contributed by atoms with Crippen molar-refractivity contribution in [2.75, 3.05) is 12.9 Å². The minimum absolute atomic E-state index is 0.0403. The molecule has 0 aliphatic carbocycles. The van der Waals surface area contributed by atoms with Gasteiger partial charge in [-0.25, -0.2) is 0 Å². The number of carbonyl (C=O) groups excluding carboxylic acids is 1. The number of nitrogens with one attached hydrogen (secondary N) is 1. The van der Waals surface area contributed by atoms with Crippen molar-refractivity contribution in [2.24, 2.45) is 0 Å². The zero-order valence-corrected chi connectivity index (χ0v) is 18.2. The van der Waals surface area contributed by atoms with Gasteiger partial charge in [-0.3, -0.25) is 4.79 Å². The maximum absolute atomic E-state index is 12.4. The third kappa shape index (κ3) is 6.18. The molecule has 0 fully saturated rings. The first-order valence-corrected chi connectivity index (χ1v) is 10.5. The lowest BCUT2D eigenvalue weighted by molar-refractivity contribution is -0.121. The number of aryl methyl sites for hydroxylation is 1. The molecule has 0 aromatic heterocycles. The molecule has 0 aliphatic heterocycles. The molecule has 0 unspecified atom stereocenters. The SMILES string of the molecule is COc1cc(C)c([C@H](C)NC(=O)CCSc2ccc(Cl)cc2)cc1C(C)C. The van der Waals surface area contributed by atoms with Gasteiger partial charge in [0.05, 0.1) is 13.2 Å². The molecule has 5 heteroatoms. The number of halogens is 1. The van der Waals surface area contributed by atoms with Crippen molar-refractivity contribution in [2.45, 2.75) is 51.0 Å². The molecular formula is C22H28ClNO2S. The van der Waals surface area contributed by atoms with Crippen LogP contribution in [-0.4, -0.2) is 18.8 Å². The summed E-state index contributed by atoms with van der Waals surface area (Å²) in [7, 11) is 1.70. The molecule has 27 heavy (non-hydrogen) atoms. The fourth-order valence-electron chi connectivity index (χ4n) is 2.99. The molecule has 0 spiro atoms. The van der Waals surface area contributed by atoms with E-state index in [4.69, 9.17) is 16.3 Å². The van der Waals surface area contributed by atoms with Gasteiger partial charge in [0.2, 0.25) is 5.91 Å². The Morgan fingerprint density at radius 3 is 2.41 bits per heavy atom. The Labute approximate surface area is 171 Å². The van der Waals surface area contributed by atoms with Gasteiger partial charge >= 0.3 is 0 Å². The van der Waals surface area contributed by atoms with Gasteiger partial charge in [-0.05, 0) is 72.9 Å². The van der Waals surface area contributed by atoms with Crippen LogP contribution in [-0.2, 0) is 4.79 Å². The van der Waals surface area contributed by atoms with Crippen LogP contribution in [0.3, 0.4) is 0 Å². The zero-order valence-electron chi connectivity index (χ0n) is 16.6. The molecule has 0 radical (unpaired) electrons. The quantitative estimate of drug-likeness (QED) is 0.536. The number of hydrogen-bond acceptors (Lipinski definition) is 3. The maximum Gasteiger partial charge on any atom is 0.221 e. The summed E-state index contributed by atoms with van der Waals surface area (Å²) in [4.78, 5) is 13.5. The largest absolute Gasteiger partial charge is 0.496 e. The summed E-state index contributed by atoms with van der Waals surface area (Å²) in [6, 6.07) is 11.9. The van der Waals surface area contributed by atoms with E-state index in [1.165, 1.54) is 0 Å². The molecular weight excluding hydrogens is 378 g/mol. The molecule has 0 saturated heterocycles. The van der Waals surface area contributed by atoms with Gasteiger partial charge < -0.3 is 10.1 Å². The van der Waals surface area contributed by atoms with E-state index in [1.54, 1.807) is 18.9 Å². The Kier molecular flexibility index (Phi) is 8.06. The second-order valence-corrected chi connectivity index (χ2v) is 8.55. The van der Waals surface area contributed by atoms with E-state index in [-0.39, 0.29) is 11.9 Å². The van der Waals surface area contributed by atoms with Crippen LogP contribution in [0.25, 0.3) is 0 Å². The fourth-order valence-corrected chi connectivity index (χ4v) is 3.97. The average Bonchev–Trinajstić information content (AvgIpc) is 2.62. The van der Waals surface area contributed by atoms with Gasteiger partial charge in [-0.2, -0.15) is 0 Å². The summed E-state index contributed by atoms with van der Waals surface area (Å²) in [5, 5.41) is 3.85. The smallest absolute Gasteiger partial charge is 0.221 e. The van der Waals surface area contributed by atoms with Crippen molar-refractivity contribution in [3.8, 4) is 5.75 Å². The lowest BCUT2D eigenvalue weighted by Crippen LogP contribution is -2.27. The highest BCUT2D eigenvalue weighted by molar-refractivity contribution is 7.99. The Morgan fingerprint density at radius 2 is 1.81 bits per heavy atom. The summed E-state index contributed by atoms with van der Waals surface area (Å²) in [5.74, 6) is 2.06. The molecule has 2 rings (SSSR count). The van der Waals surface area contributed by atoms with Crippen molar-refractivity contribution in [1.82, 2.24) is 5.32 Å². The van der Waals surface area contributed by atoms with E-state index in [0.717, 1.165) is 38.1 Å². The molecule has 146 valence electrons. The number of rotatable bonds is 8. The standard InChI is InChI=1S/C22H28ClNO2S/c1-14(2)19-13-20(15(3)12-21(19)26-5)16(4)24-22(25)10-11-27-18-8-6-17(23)7-9-18/h6-9,12-14,16H,10-11H2,1-5H3,(H,24,25)/t16-/m0/s1. The molecule has 1 N–H and O–H groups in total. The van der Waals surface area contributed by atoms with Gasteiger partial charge in [-0.1, -0.05) is 25.4 Å². The van der Waals surface area contributed by atoms with Crippen LogP contribution in [0.4, 0.5) is 0 Å². The minimum Gasteiger partial charge on any atom is -0.496 e. The summed E-state index contributed by atoms with van der Waals surface area (Å²) in [5.41, 5.74) is 3.43. The van der Waals surface area contributed by atoms with E-state index in [2.05, 4.69) is 38.2 Å². The normalized spacial score (nSPS) is 12.1. The molecule has 2 aromatic rings. The monoisotopic (exact) mass is 405 g/mol. The van der Waals surface area contributed by atoms with Crippen molar-refractivity contribution in [3.05, 3.63) is 58.1 Å². The Morgan fingerprint density at radius 1 is 1.15 bits per heavy atom. The maximum atomic E-state index is 12.4. The van der Waals surface area contributed by atoms with Crippen LogP contribution in [0, 0.1) is 6.92 Å². The number of amides is 1. The van der Waals surface area contributed by atoms with E-state index < -0.39 is 0 Å². The van der Waals surface area contributed by atoms with E-state index in [9.17, 15) is 4.79 Å². The molecule has 0 saturated carbocycles. The number of methoxy groups -OCH3 is 1. The predicted molar refractivity (Wildman–Crippen MR) is 115 cm³/mol. The second-order valence-electron chi connectivity index (χ2n) is 6.95. The van der Waals surface area contributed by atoms with Crippen molar-refractivity contribution >= 4 is 29.3 Å². The minimum atomic E-state index is -0.0403. The van der Waals surface area contributed by atoms with Crippen LogP contribution in [0.5, 0.6) is 5.75 Å². The Hall–Kier alpha value is -1.65. The number of thioether (sulfide) groups is 1. The number of ether oxygens (including phenoxy) is 1. The fraction of sp³-hybridized carbons (Fsp3) is 0.409. The topological polar surface area (TPSA) is 38.3 Å². The first-order chi connectivity index (χ1) is 12.8. The molecule has 0 bridgehead atoms. The number of carbonyl (C=O) groups is 1. The summed E-state index contributed by atoms with van der Waals surface area (Å²) < 4.78 is 5.51. The van der Waals surface area contributed by atoms with Crippen LogP contribution in [0.1, 0.15) is 55.8 Å². The average molecular weight is 406 g/mol. The molecule has 1 amide bonds. The van der Waals surface area contributed by atoms with Gasteiger partial charge in [-0.15, -0.1) is 11.8 Å². The molecule has 2 aromatic carbocycles. The highest BCUT2D eigenvalue weighted by atomic mass is 35.5. The van der Waals surface area contributed by atoms with Gasteiger partial charge in [0, 0.05) is 22.1 Å². The highest BCUT2D eigenvalue weighted by Gasteiger charge is 2.16. The van der Waals surface area contributed by atoms with Crippen LogP contribution < -0.4 is 10.1 Å². The van der Waals surface area contributed by atoms with Crippen molar-refractivity contribution in [3.63, 3.8) is 0 Å². The van der Waals surface area contributed by atoms with Gasteiger partial charge in [0.1, 0.15) is 5.75 Å². The molecule has 1 atom stereocenters. The Bertz CT molecular complexity index is 775. The van der Waals surface area contributed by atoms with Crippen LogP contribution in [0.15, 0.2) is 41.3 Å². The zero-order chi connectivity index (χ0) is 20.0. The first-order valence-electron chi connectivity index (χ1n) is 9.18. The van der Waals surface area contributed by atoms with Gasteiger partial charge in [0.25, 0.3) is 0 Å². The lowest BCUT2D eigenvalue weighted by atomic mass is 9.93. The molecule has 3 nitrogen and oxygen atoms in total. The summed E-state index contributed by atoms with van der Waals surface area (Å²) >= 11 is 7.55. The van der Waals surface area contributed by atoms with Crippen molar-refractivity contribution < 1.29 is 9.53 Å². The highest BCUT2D eigenvalue weighted by Crippen LogP contribution is 2.32. The van der Waals surface area contributed by atoms with Crippen LogP contribution >= 0.6 is 23.4 Å². The number of benzene rings is 2.